The van der Waals surface area contributed by atoms with Gasteiger partial charge >= 0.3 is 0 Å². The first-order valence-corrected chi connectivity index (χ1v) is 10.6. The first-order valence-electron chi connectivity index (χ1n) is 10.6. The summed E-state index contributed by atoms with van der Waals surface area (Å²) < 4.78 is 24.5. The van der Waals surface area contributed by atoms with E-state index in [1.54, 1.807) is 37.5 Å². The number of para-hydroxylation sites is 1. The molecule has 8 nitrogen and oxygen atoms in total. The Morgan fingerprint density at radius 2 is 2.03 bits per heavy atom. The summed E-state index contributed by atoms with van der Waals surface area (Å²) in [4.78, 5) is 43.5. The molecule has 0 radical (unpaired) electrons. The number of ketones is 1. The maximum absolute atomic E-state index is 13.8. The van der Waals surface area contributed by atoms with E-state index in [-0.39, 0.29) is 30.4 Å². The lowest BCUT2D eigenvalue weighted by Gasteiger charge is -2.33. The van der Waals surface area contributed by atoms with Gasteiger partial charge in [-0.05, 0) is 48.9 Å². The van der Waals surface area contributed by atoms with Crippen molar-refractivity contribution in [2.75, 3.05) is 18.1 Å². The smallest absolute Gasteiger partial charge is 0.265 e. The van der Waals surface area contributed by atoms with Gasteiger partial charge in [-0.15, -0.1) is 0 Å². The van der Waals surface area contributed by atoms with Crippen LogP contribution in [-0.2, 0) is 16.1 Å². The van der Waals surface area contributed by atoms with Crippen molar-refractivity contribution in [1.82, 2.24) is 10.3 Å². The van der Waals surface area contributed by atoms with E-state index >= 15 is 0 Å². The Hall–Kier alpha value is -4.27. The molecule has 34 heavy (non-hydrogen) atoms. The second-order valence-electron chi connectivity index (χ2n) is 7.63. The van der Waals surface area contributed by atoms with Crippen molar-refractivity contribution in [3.8, 4) is 11.5 Å². The van der Waals surface area contributed by atoms with Crippen LogP contribution in [0, 0.1) is 5.82 Å². The SMILES string of the molecule is CC(C(=O)NCc1cccnc1)N1C(=O)COc2ccc(C(=O)COc3ccccc3F)cc21. The molecule has 1 aliphatic heterocycles. The molecule has 0 aliphatic carbocycles. The van der Waals surface area contributed by atoms with Crippen LogP contribution in [-0.4, -0.2) is 41.8 Å². The average Bonchev–Trinajstić information content (AvgIpc) is 2.86. The lowest BCUT2D eigenvalue weighted by atomic mass is 10.1. The quantitative estimate of drug-likeness (QED) is 0.516. The Kier molecular flexibility index (Phi) is 6.82. The first-order chi connectivity index (χ1) is 16.4. The van der Waals surface area contributed by atoms with Crippen molar-refractivity contribution in [3.05, 3.63) is 83.9 Å². The van der Waals surface area contributed by atoms with Crippen LogP contribution in [0.5, 0.6) is 11.5 Å². The van der Waals surface area contributed by atoms with Gasteiger partial charge in [-0.25, -0.2) is 4.39 Å². The third kappa shape index (κ3) is 5.03. The van der Waals surface area contributed by atoms with Crippen LogP contribution < -0.4 is 19.7 Å². The fraction of sp³-hybridized carbons (Fsp3) is 0.200. The van der Waals surface area contributed by atoms with Gasteiger partial charge in [-0.3, -0.25) is 24.3 Å². The van der Waals surface area contributed by atoms with Crippen molar-refractivity contribution in [1.29, 1.82) is 0 Å². The number of carbonyl (C=O) groups excluding carboxylic acids is 3. The highest BCUT2D eigenvalue weighted by atomic mass is 19.1. The van der Waals surface area contributed by atoms with Crippen molar-refractivity contribution >= 4 is 23.3 Å². The molecule has 0 spiro atoms. The number of halogens is 1. The molecule has 174 valence electrons. The number of ether oxygens (including phenoxy) is 2. The Morgan fingerprint density at radius 3 is 2.79 bits per heavy atom. The molecule has 0 fully saturated rings. The van der Waals surface area contributed by atoms with Crippen molar-refractivity contribution in [2.45, 2.75) is 19.5 Å². The molecular weight excluding hydrogens is 441 g/mol. The maximum Gasteiger partial charge on any atom is 0.265 e. The number of fused-ring (bicyclic) bond motifs is 1. The Balaban J connectivity index is 1.49. The summed E-state index contributed by atoms with van der Waals surface area (Å²) in [5, 5.41) is 2.79. The molecular formula is C25H22FN3O5. The minimum atomic E-state index is -0.855. The van der Waals surface area contributed by atoms with Gasteiger partial charge in [0.15, 0.2) is 30.6 Å². The molecule has 0 saturated heterocycles. The van der Waals surface area contributed by atoms with E-state index < -0.39 is 30.2 Å². The number of Topliss-reactive ketones (excluding diaryl/α,β-unsaturated/α-hetero) is 1. The number of aromatic nitrogens is 1. The van der Waals surface area contributed by atoms with Gasteiger partial charge in [0.05, 0.1) is 5.69 Å². The fourth-order valence-corrected chi connectivity index (χ4v) is 3.51. The molecule has 9 heteroatoms. The fourth-order valence-electron chi connectivity index (χ4n) is 3.51. The second kappa shape index (κ2) is 10.1. The minimum Gasteiger partial charge on any atom is -0.482 e. The number of hydrogen-bond acceptors (Lipinski definition) is 6. The zero-order valence-electron chi connectivity index (χ0n) is 18.4. The van der Waals surface area contributed by atoms with Gasteiger partial charge in [0.25, 0.3) is 5.91 Å². The lowest BCUT2D eigenvalue weighted by Crippen LogP contribution is -2.51. The molecule has 2 heterocycles. The zero-order valence-corrected chi connectivity index (χ0v) is 18.4. The highest BCUT2D eigenvalue weighted by molar-refractivity contribution is 6.05. The largest absolute Gasteiger partial charge is 0.482 e. The highest BCUT2D eigenvalue weighted by Crippen LogP contribution is 2.34. The highest BCUT2D eigenvalue weighted by Gasteiger charge is 2.33. The molecule has 0 bridgehead atoms. The second-order valence-corrected chi connectivity index (χ2v) is 7.63. The van der Waals surface area contributed by atoms with Crippen LogP contribution in [0.1, 0.15) is 22.8 Å². The van der Waals surface area contributed by atoms with Gasteiger partial charge in [0.1, 0.15) is 11.8 Å². The summed E-state index contributed by atoms with van der Waals surface area (Å²) in [6, 6.07) is 13.1. The molecule has 1 atom stereocenters. The first kappa shape index (κ1) is 22.9. The van der Waals surface area contributed by atoms with Gasteiger partial charge in [0, 0.05) is 24.5 Å². The molecule has 1 aromatic heterocycles. The van der Waals surface area contributed by atoms with Crippen molar-refractivity contribution in [2.24, 2.45) is 0 Å². The van der Waals surface area contributed by atoms with Crippen LogP contribution >= 0.6 is 0 Å². The van der Waals surface area contributed by atoms with Gasteiger partial charge in [-0.1, -0.05) is 18.2 Å². The topological polar surface area (TPSA) is 97.8 Å². The van der Waals surface area contributed by atoms with E-state index in [1.807, 2.05) is 6.07 Å². The maximum atomic E-state index is 13.8. The zero-order chi connectivity index (χ0) is 24.1. The molecule has 1 N–H and O–H groups in total. The van der Waals surface area contributed by atoms with Crippen molar-refractivity contribution in [3.63, 3.8) is 0 Å². The predicted molar refractivity (Wildman–Crippen MR) is 121 cm³/mol. The molecule has 4 rings (SSSR count). The van der Waals surface area contributed by atoms with Crippen LogP contribution in [0.2, 0.25) is 0 Å². The Labute approximate surface area is 195 Å². The number of hydrogen-bond donors (Lipinski definition) is 1. The number of carbonyl (C=O) groups is 3. The van der Waals surface area contributed by atoms with E-state index in [9.17, 15) is 18.8 Å². The number of nitrogens with one attached hydrogen (secondary N) is 1. The van der Waals surface area contributed by atoms with E-state index in [1.165, 1.54) is 35.2 Å². The summed E-state index contributed by atoms with van der Waals surface area (Å²) in [5.74, 6) is -1.44. The van der Waals surface area contributed by atoms with Crippen LogP contribution in [0.25, 0.3) is 0 Å². The third-order valence-corrected chi connectivity index (χ3v) is 5.31. The van der Waals surface area contributed by atoms with Gasteiger partial charge in [-0.2, -0.15) is 0 Å². The molecule has 0 saturated carbocycles. The van der Waals surface area contributed by atoms with Gasteiger partial charge < -0.3 is 14.8 Å². The molecule has 3 aromatic rings. The van der Waals surface area contributed by atoms with Crippen LogP contribution in [0.4, 0.5) is 10.1 Å². The van der Waals surface area contributed by atoms with Crippen LogP contribution in [0.15, 0.2) is 67.0 Å². The van der Waals surface area contributed by atoms with E-state index in [0.29, 0.717) is 11.4 Å². The summed E-state index contributed by atoms with van der Waals surface area (Å²) in [6.45, 7) is 1.24. The number of anilines is 1. The standard InChI is InChI=1S/C25H22FN3O5/c1-16(25(32)28-13-17-5-4-10-27-12-17)29-20-11-18(8-9-23(20)34-15-24(29)31)21(30)14-33-22-7-3-2-6-19(22)26/h2-12,16H,13-15H2,1H3,(H,28,32). The molecule has 2 aromatic carbocycles. The van der Waals surface area contributed by atoms with Crippen molar-refractivity contribution < 1.29 is 28.2 Å². The van der Waals surface area contributed by atoms with E-state index in [0.717, 1.165) is 5.56 Å². The lowest BCUT2D eigenvalue weighted by molar-refractivity contribution is -0.127. The minimum absolute atomic E-state index is 0.0344. The number of rotatable bonds is 8. The summed E-state index contributed by atoms with van der Waals surface area (Å²) in [7, 11) is 0. The number of nitrogens with zero attached hydrogens (tertiary/aromatic N) is 2. The number of amides is 2. The summed E-state index contributed by atoms with van der Waals surface area (Å²) in [5.41, 5.74) is 1.36. The average molecular weight is 463 g/mol. The normalized spacial score (nSPS) is 13.5. The number of pyridine rings is 1. The third-order valence-electron chi connectivity index (χ3n) is 5.31. The Morgan fingerprint density at radius 1 is 1.21 bits per heavy atom. The molecule has 1 aliphatic rings. The molecule has 1 unspecified atom stereocenters. The van der Waals surface area contributed by atoms with Crippen LogP contribution in [0.3, 0.4) is 0 Å². The van der Waals surface area contributed by atoms with Gasteiger partial charge in [0.2, 0.25) is 5.91 Å². The number of benzene rings is 2. The monoisotopic (exact) mass is 463 g/mol. The molecule has 2 amide bonds. The van der Waals surface area contributed by atoms with E-state index in [4.69, 9.17) is 9.47 Å². The Bertz CT molecular complexity index is 1220. The summed E-state index contributed by atoms with van der Waals surface area (Å²) in [6.07, 6.45) is 3.28. The van der Waals surface area contributed by atoms with E-state index in [2.05, 4.69) is 10.3 Å². The predicted octanol–water partition coefficient (Wildman–Crippen LogP) is 2.91. The summed E-state index contributed by atoms with van der Waals surface area (Å²) >= 11 is 0.